The summed E-state index contributed by atoms with van der Waals surface area (Å²) in [6.07, 6.45) is 0. The van der Waals surface area contributed by atoms with Gasteiger partial charge in [-0.15, -0.1) is 0 Å². The van der Waals surface area contributed by atoms with E-state index in [4.69, 9.17) is 9.47 Å². The normalized spacial score (nSPS) is 10.2. The van der Waals surface area contributed by atoms with Crippen molar-refractivity contribution in [2.45, 2.75) is 20.8 Å². The fourth-order valence-electron chi connectivity index (χ4n) is 1.43. The van der Waals surface area contributed by atoms with Crippen molar-refractivity contribution in [1.82, 2.24) is 0 Å². The smallest absolute Gasteiger partial charge is 0.338 e. The van der Waals surface area contributed by atoms with Crippen LogP contribution in [0.1, 0.15) is 26.3 Å². The van der Waals surface area contributed by atoms with E-state index in [-0.39, 0.29) is 0 Å². The van der Waals surface area contributed by atoms with Crippen molar-refractivity contribution in [2.75, 3.05) is 13.2 Å². The molecule has 0 amide bonds. The molecule has 0 heterocycles. The first kappa shape index (κ1) is 14.3. The second-order valence-electron chi connectivity index (χ2n) is 4.40. The molecule has 0 bridgehead atoms. The number of esters is 1. The summed E-state index contributed by atoms with van der Waals surface area (Å²) in [5.74, 6) is 0.691. The second kappa shape index (κ2) is 6.84. The zero-order valence-electron chi connectivity index (χ0n) is 11.2. The molecule has 1 rings (SSSR count). The zero-order chi connectivity index (χ0) is 13.5. The van der Waals surface area contributed by atoms with Crippen molar-refractivity contribution in [3.05, 3.63) is 36.4 Å². The van der Waals surface area contributed by atoms with Gasteiger partial charge >= 0.3 is 5.97 Å². The molecule has 0 aliphatic carbocycles. The van der Waals surface area contributed by atoms with Crippen LogP contribution in [0.3, 0.4) is 0 Å². The number of benzene rings is 1. The Morgan fingerprint density at radius 3 is 2.61 bits per heavy atom. The third-order valence-electron chi connectivity index (χ3n) is 2.31. The SMILES string of the molecule is C=C(C(=O)OCC)c1ccccc1OCC(C)C. The standard InChI is InChI=1S/C15H20O3/c1-5-17-15(16)12(4)13-8-6-7-9-14(13)18-10-11(2)3/h6-9,11H,4-5,10H2,1-3H3. The highest BCUT2D eigenvalue weighted by Gasteiger charge is 2.15. The molecule has 3 heteroatoms. The fourth-order valence-corrected chi connectivity index (χ4v) is 1.43. The molecule has 0 radical (unpaired) electrons. The average molecular weight is 248 g/mol. The molecule has 0 atom stereocenters. The lowest BCUT2D eigenvalue weighted by Crippen LogP contribution is -2.09. The Labute approximate surface area is 108 Å². The van der Waals surface area contributed by atoms with Crippen molar-refractivity contribution >= 4 is 11.5 Å². The summed E-state index contributed by atoms with van der Waals surface area (Å²) in [5.41, 5.74) is 1.02. The topological polar surface area (TPSA) is 35.5 Å². The predicted molar refractivity (Wildman–Crippen MR) is 72.4 cm³/mol. The minimum atomic E-state index is -0.405. The van der Waals surface area contributed by atoms with Crippen LogP contribution in [-0.4, -0.2) is 19.2 Å². The lowest BCUT2D eigenvalue weighted by molar-refractivity contribution is -0.136. The van der Waals surface area contributed by atoms with E-state index in [0.717, 1.165) is 0 Å². The third-order valence-corrected chi connectivity index (χ3v) is 2.31. The number of carbonyl (C=O) groups is 1. The number of hydrogen-bond acceptors (Lipinski definition) is 3. The zero-order valence-corrected chi connectivity index (χ0v) is 11.2. The van der Waals surface area contributed by atoms with E-state index in [9.17, 15) is 4.79 Å². The lowest BCUT2D eigenvalue weighted by atomic mass is 10.1. The summed E-state index contributed by atoms with van der Waals surface area (Å²) < 4.78 is 10.6. The summed E-state index contributed by atoms with van der Waals surface area (Å²) in [5, 5.41) is 0. The molecule has 0 saturated carbocycles. The summed E-state index contributed by atoms with van der Waals surface area (Å²) in [6.45, 7) is 10.6. The highest BCUT2D eigenvalue weighted by Crippen LogP contribution is 2.26. The van der Waals surface area contributed by atoms with Crippen molar-refractivity contribution in [1.29, 1.82) is 0 Å². The van der Waals surface area contributed by atoms with Gasteiger partial charge in [-0.3, -0.25) is 0 Å². The maximum absolute atomic E-state index is 11.7. The molecular formula is C15H20O3. The summed E-state index contributed by atoms with van der Waals surface area (Å²) in [6, 6.07) is 7.37. The predicted octanol–water partition coefficient (Wildman–Crippen LogP) is 3.30. The Hall–Kier alpha value is -1.77. The van der Waals surface area contributed by atoms with Gasteiger partial charge in [-0.2, -0.15) is 0 Å². The Morgan fingerprint density at radius 2 is 2.00 bits per heavy atom. The van der Waals surface area contributed by atoms with Crippen LogP contribution in [0.15, 0.2) is 30.8 Å². The highest BCUT2D eigenvalue weighted by atomic mass is 16.5. The number of ether oxygens (including phenoxy) is 2. The lowest BCUT2D eigenvalue weighted by Gasteiger charge is -2.13. The van der Waals surface area contributed by atoms with Crippen LogP contribution >= 0.6 is 0 Å². The van der Waals surface area contributed by atoms with Gasteiger partial charge in [0.1, 0.15) is 5.75 Å². The number of hydrogen-bond donors (Lipinski definition) is 0. The summed E-state index contributed by atoms with van der Waals surface area (Å²) in [4.78, 5) is 11.7. The van der Waals surface area contributed by atoms with Crippen LogP contribution in [0.5, 0.6) is 5.75 Å². The maximum atomic E-state index is 11.7. The molecule has 18 heavy (non-hydrogen) atoms. The average Bonchev–Trinajstić information content (AvgIpc) is 2.36. The molecule has 0 spiro atoms. The van der Waals surface area contributed by atoms with Crippen molar-refractivity contribution in [3.63, 3.8) is 0 Å². The molecule has 0 aromatic heterocycles. The third kappa shape index (κ3) is 3.91. The van der Waals surface area contributed by atoms with Gasteiger partial charge < -0.3 is 9.47 Å². The summed E-state index contributed by atoms with van der Waals surface area (Å²) in [7, 11) is 0. The molecular weight excluding hydrogens is 228 g/mol. The van der Waals surface area contributed by atoms with Crippen LogP contribution in [0.2, 0.25) is 0 Å². The van der Waals surface area contributed by atoms with Gasteiger partial charge in [-0.25, -0.2) is 4.79 Å². The minimum absolute atomic E-state index is 0.330. The highest BCUT2D eigenvalue weighted by molar-refractivity contribution is 6.16. The van der Waals surface area contributed by atoms with E-state index in [2.05, 4.69) is 20.4 Å². The first-order valence-corrected chi connectivity index (χ1v) is 6.14. The largest absolute Gasteiger partial charge is 0.493 e. The second-order valence-corrected chi connectivity index (χ2v) is 4.40. The Balaban J connectivity index is 2.87. The van der Waals surface area contributed by atoms with E-state index >= 15 is 0 Å². The number of carbonyl (C=O) groups excluding carboxylic acids is 1. The molecule has 0 aliphatic rings. The molecule has 0 N–H and O–H groups in total. The molecule has 0 saturated heterocycles. The van der Waals surface area contributed by atoms with E-state index in [1.807, 2.05) is 24.3 Å². The molecule has 0 unspecified atom stereocenters. The van der Waals surface area contributed by atoms with E-state index < -0.39 is 5.97 Å². The maximum Gasteiger partial charge on any atom is 0.338 e. The van der Waals surface area contributed by atoms with Crippen molar-refractivity contribution in [3.8, 4) is 5.75 Å². The van der Waals surface area contributed by atoms with E-state index in [0.29, 0.717) is 36.0 Å². The quantitative estimate of drug-likeness (QED) is 0.572. The van der Waals surface area contributed by atoms with Crippen molar-refractivity contribution < 1.29 is 14.3 Å². The monoisotopic (exact) mass is 248 g/mol. The van der Waals surface area contributed by atoms with Gasteiger partial charge in [0.05, 0.1) is 18.8 Å². The minimum Gasteiger partial charge on any atom is -0.493 e. The van der Waals surface area contributed by atoms with Gasteiger partial charge in [-0.05, 0) is 18.9 Å². The Bertz CT molecular complexity index is 422. The molecule has 98 valence electrons. The van der Waals surface area contributed by atoms with Crippen LogP contribution < -0.4 is 4.74 Å². The first-order valence-electron chi connectivity index (χ1n) is 6.14. The van der Waals surface area contributed by atoms with Gasteiger partial charge in [-0.1, -0.05) is 38.6 Å². The number of rotatable bonds is 6. The fraction of sp³-hybridized carbons (Fsp3) is 0.400. The van der Waals surface area contributed by atoms with Crippen LogP contribution in [-0.2, 0) is 9.53 Å². The molecule has 1 aromatic carbocycles. The van der Waals surface area contributed by atoms with Crippen molar-refractivity contribution in [2.24, 2.45) is 5.92 Å². The van der Waals surface area contributed by atoms with Gasteiger partial charge in [0.2, 0.25) is 0 Å². The van der Waals surface area contributed by atoms with Gasteiger partial charge in [0.15, 0.2) is 0 Å². The molecule has 3 nitrogen and oxygen atoms in total. The van der Waals surface area contributed by atoms with Gasteiger partial charge in [0, 0.05) is 5.56 Å². The number of para-hydroxylation sites is 1. The molecule has 0 fully saturated rings. The van der Waals surface area contributed by atoms with E-state index in [1.54, 1.807) is 6.92 Å². The Morgan fingerprint density at radius 1 is 1.33 bits per heavy atom. The van der Waals surface area contributed by atoms with Crippen LogP contribution in [0, 0.1) is 5.92 Å². The molecule has 0 aliphatic heterocycles. The van der Waals surface area contributed by atoms with Crippen LogP contribution in [0.25, 0.3) is 5.57 Å². The Kier molecular flexibility index (Phi) is 5.43. The van der Waals surface area contributed by atoms with Crippen LogP contribution in [0.4, 0.5) is 0 Å². The molecule has 1 aromatic rings. The van der Waals surface area contributed by atoms with Gasteiger partial charge in [0.25, 0.3) is 0 Å². The first-order chi connectivity index (χ1) is 8.56. The van der Waals surface area contributed by atoms with E-state index in [1.165, 1.54) is 0 Å². The summed E-state index contributed by atoms with van der Waals surface area (Å²) >= 11 is 0.